The number of allylic oxidation sites excluding steroid dienone is 1. The van der Waals surface area contributed by atoms with Crippen LogP contribution in [0.4, 0.5) is 0 Å². The molecule has 11 heavy (non-hydrogen) atoms. The van der Waals surface area contributed by atoms with Gasteiger partial charge in [0.25, 0.3) is 0 Å². The summed E-state index contributed by atoms with van der Waals surface area (Å²) in [7, 11) is 0. The number of hydrogen-bond acceptors (Lipinski definition) is 3. The zero-order valence-corrected chi connectivity index (χ0v) is 7.33. The van der Waals surface area contributed by atoms with Crippen LogP contribution >= 0.6 is 11.3 Å². The summed E-state index contributed by atoms with van der Waals surface area (Å²) in [6.07, 6.45) is 0. The third-order valence-corrected chi connectivity index (χ3v) is 2.55. The van der Waals surface area contributed by atoms with Crippen LogP contribution in [0.3, 0.4) is 0 Å². The Hall–Kier alpha value is -1.14. The van der Waals surface area contributed by atoms with Crippen LogP contribution in [-0.2, 0) is 0 Å². The topological polar surface area (TPSA) is 36.7 Å². The molecule has 0 radical (unpaired) electrons. The third kappa shape index (κ3) is 1.47. The monoisotopic (exact) mass is 164 g/mol. The third-order valence-electron chi connectivity index (χ3n) is 1.42. The molecule has 0 unspecified atom stereocenters. The maximum absolute atomic E-state index is 8.51. The Labute approximate surface area is 69.8 Å². The van der Waals surface area contributed by atoms with E-state index in [0.29, 0.717) is 5.57 Å². The Kier molecular flexibility index (Phi) is 2.06. The molecule has 3 heteroatoms. The lowest BCUT2D eigenvalue weighted by atomic mass is 10.3. The first kappa shape index (κ1) is 7.96. The Bertz CT molecular complexity index is 311. The summed E-state index contributed by atoms with van der Waals surface area (Å²) in [6, 6.07) is 1.98. The molecule has 0 aliphatic rings. The van der Waals surface area contributed by atoms with E-state index in [2.05, 4.69) is 11.6 Å². The van der Waals surface area contributed by atoms with E-state index < -0.39 is 0 Å². The number of aryl methyl sites for hydroxylation is 2. The summed E-state index contributed by atoms with van der Waals surface area (Å²) in [5, 5.41) is 9.24. The van der Waals surface area contributed by atoms with Crippen LogP contribution in [0.25, 0.3) is 5.57 Å². The zero-order chi connectivity index (χ0) is 8.43. The largest absolute Gasteiger partial charge is 0.240 e. The maximum Gasteiger partial charge on any atom is 0.133 e. The molecule has 1 heterocycles. The van der Waals surface area contributed by atoms with E-state index >= 15 is 0 Å². The van der Waals surface area contributed by atoms with E-state index in [0.717, 1.165) is 15.6 Å². The van der Waals surface area contributed by atoms with Gasteiger partial charge in [-0.3, -0.25) is 0 Å². The molecule has 0 saturated heterocycles. The molecule has 0 spiro atoms. The molecule has 0 N–H and O–H groups in total. The van der Waals surface area contributed by atoms with Gasteiger partial charge in [0, 0.05) is 4.88 Å². The van der Waals surface area contributed by atoms with Gasteiger partial charge in [0.2, 0.25) is 0 Å². The minimum absolute atomic E-state index is 0.450. The molecule has 0 aromatic carbocycles. The summed E-state index contributed by atoms with van der Waals surface area (Å²) in [5.74, 6) is 0. The first-order chi connectivity index (χ1) is 5.15. The number of hydrogen-bond donors (Lipinski definition) is 0. The van der Waals surface area contributed by atoms with E-state index in [1.54, 1.807) is 0 Å². The van der Waals surface area contributed by atoms with Crippen molar-refractivity contribution in [2.75, 3.05) is 0 Å². The van der Waals surface area contributed by atoms with Crippen LogP contribution in [0.5, 0.6) is 0 Å². The van der Waals surface area contributed by atoms with Crippen molar-refractivity contribution < 1.29 is 0 Å². The minimum Gasteiger partial charge on any atom is -0.240 e. The predicted octanol–water partition coefficient (Wildman–Crippen LogP) is 2.30. The highest BCUT2D eigenvalue weighted by Crippen LogP contribution is 2.21. The average Bonchev–Trinajstić information content (AvgIpc) is 2.31. The zero-order valence-electron chi connectivity index (χ0n) is 6.51. The Morgan fingerprint density at radius 1 is 1.64 bits per heavy atom. The normalized spacial score (nSPS) is 9.18. The Balaban J connectivity index is 3.09. The second-order valence-corrected chi connectivity index (χ2v) is 3.45. The molecule has 1 aromatic rings. The van der Waals surface area contributed by atoms with E-state index in [9.17, 15) is 0 Å². The minimum atomic E-state index is 0.450. The molecule has 56 valence electrons. The molecule has 0 atom stereocenters. The van der Waals surface area contributed by atoms with Gasteiger partial charge >= 0.3 is 0 Å². The molecule has 0 aliphatic carbocycles. The fourth-order valence-electron chi connectivity index (χ4n) is 0.650. The van der Waals surface area contributed by atoms with Crippen molar-refractivity contribution in [3.05, 3.63) is 22.2 Å². The van der Waals surface area contributed by atoms with Crippen LogP contribution in [-0.4, -0.2) is 4.98 Å². The SMILES string of the molecule is C=C(C#N)c1nc(C)c(C)s1. The second-order valence-electron chi connectivity index (χ2n) is 2.25. The van der Waals surface area contributed by atoms with Gasteiger partial charge < -0.3 is 0 Å². The summed E-state index contributed by atoms with van der Waals surface area (Å²) < 4.78 is 0. The quantitative estimate of drug-likeness (QED) is 0.597. The highest BCUT2D eigenvalue weighted by Gasteiger charge is 2.05. The lowest BCUT2D eigenvalue weighted by Crippen LogP contribution is -1.77. The van der Waals surface area contributed by atoms with Crippen molar-refractivity contribution in [1.82, 2.24) is 4.98 Å². The molecule has 0 amide bonds. The van der Waals surface area contributed by atoms with Gasteiger partial charge in [-0.2, -0.15) is 5.26 Å². The van der Waals surface area contributed by atoms with Crippen LogP contribution < -0.4 is 0 Å². The van der Waals surface area contributed by atoms with Crippen molar-refractivity contribution in [1.29, 1.82) is 5.26 Å². The summed E-state index contributed by atoms with van der Waals surface area (Å²) in [6.45, 7) is 7.50. The first-order valence-corrected chi connectivity index (χ1v) is 4.00. The number of nitriles is 1. The van der Waals surface area contributed by atoms with Crippen molar-refractivity contribution in [3.8, 4) is 6.07 Å². The van der Waals surface area contributed by atoms with E-state index in [-0.39, 0.29) is 0 Å². The van der Waals surface area contributed by atoms with Gasteiger partial charge in [0.15, 0.2) is 0 Å². The fourth-order valence-corrected chi connectivity index (χ4v) is 1.48. The van der Waals surface area contributed by atoms with E-state index in [1.165, 1.54) is 11.3 Å². The number of rotatable bonds is 1. The number of nitrogens with zero attached hydrogens (tertiary/aromatic N) is 2. The number of thiazole rings is 1. The lowest BCUT2D eigenvalue weighted by Gasteiger charge is -1.83. The summed E-state index contributed by atoms with van der Waals surface area (Å²) in [4.78, 5) is 5.33. The predicted molar refractivity (Wildman–Crippen MR) is 46.2 cm³/mol. The van der Waals surface area contributed by atoms with Gasteiger partial charge in [-0.1, -0.05) is 6.58 Å². The second kappa shape index (κ2) is 2.85. The molecule has 2 nitrogen and oxygen atoms in total. The highest BCUT2D eigenvalue weighted by atomic mass is 32.1. The van der Waals surface area contributed by atoms with Crippen molar-refractivity contribution in [2.24, 2.45) is 0 Å². The van der Waals surface area contributed by atoms with Crippen LogP contribution in [0.1, 0.15) is 15.6 Å². The maximum atomic E-state index is 8.51. The highest BCUT2D eigenvalue weighted by molar-refractivity contribution is 7.12. The average molecular weight is 164 g/mol. The van der Waals surface area contributed by atoms with Gasteiger partial charge in [-0.15, -0.1) is 11.3 Å². The molecule has 1 rings (SSSR count). The molecule has 0 fully saturated rings. The van der Waals surface area contributed by atoms with Crippen molar-refractivity contribution in [2.45, 2.75) is 13.8 Å². The molecular formula is C8H8N2S. The molecular weight excluding hydrogens is 156 g/mol. The smallest absolute Gasteiger partial charge is 0.133 e. The Morgan fingerprint density at radius 3 is 2.64 bits per heavy atom. The summed E-state index contributed by atoms with van der Waals surface area (Å²) >= 11 is 1.51. The van der Waals surface area contributed by atoms with Gasteiger partial charge in [0.05, 0.1) is 11.3 Å². The molecule has 1 aromatic heterocycles. The fraction of sp³-hybridized carbons (Fsp3) is 0.250. The Morgan fingerprint density at radius 2 is 2.27 bits per heavy atom. The van der Waals surface area contributed by atoms with Crippen LogP contribution in [0.2, 0.25) is 0 Å². The molecule has 0 aliphatic heterocycles. The lowest BCUT2D eigenvalue weighted by molar-refractivity contribution is 1.21. The van der Waals surface area contributed by atoms with Crippen LogP contribution in [0.15, 0.2) is 6.58 Å². The molecule has 0 saturated carbocycles. The standard InChI is InChI=1S/C8H8N2S/c1-5(4-9)8-10-6(2)7(3)11-8/h1H2,2-3H3. The van der Waals surface area contributed by atoms with Gasteiger partial charge in [-0.25, -0.2) is 4.98 Å². The van der Waals surface area contributed by atoms with Gasteiger partial charge in [0.1, 0.15) is 11.1 Å². The van der Waals surface area contributed by atoms with Gasteiger partial charge in [-0.05, 0) is 13.8 Å². The van der Waals surface area contributed by atoms with Crippen molar-refractivity contribution in [3.63, 3.8) is 0 Å². The van der Waals surface area contributed by atoms with E-state index in [4.69, 9.17) is 5.26 Å². The van der Waals surface area contributed by atoms with E-state index in [1.807, 2.05) is 19.9 Å². The first-order valence-electron chi connectivity index (χ1n) is 3.18. The number of aromatic nitrogens is 1. The molecule has 0 bridgehead atoms. The summed E-state index contributed by atoms with van der Waals surface area (Å²) in [5.41, 5.74) is 1.44. The van der Waals surface area contributed by atoms with Crippen molar-refractivity contribution >= 4 is 16.9 Å². The van der Waals surface area contributed by atoms with Crippen LogP contribution in [0, 0.1) is 25.2 Å².